The molecule has 2 aromatic rings. The fourth-order valence-electron chi connectivity index (χ4n) is 2.29. The van der Waals surface area contributed by atoms with Gasteiger partial charge in [-0.2, -0.15) is 0 Å². The lowest BCUT2D eigenvalue weighted by atomic mass is 10.0. The van der Waals surface area contributed by atoms with Gasteiger partial charge in [0.15, 0.2) is 5.78 Å². The third-order valence-electron chi connectivity index (χ3n) is 3.60. The average Bonchev–Trinajstić information content (AvgIpc) is 2.55. The van der Waals surface area contributed by atoms with Crippen LogP contribution in [0.25, 0.3) is 0 Å². The number of nitrogens with zero attached hydrogens (tertiary/aromatic N) is 2. The first-order valence-corrected chi connectivity index (χ1v) is 7.32. The van der Waals surface area contributed by atoms with Crippen molar-refractivity contribution in [1.82, 2.24) is 9.88 Å². The number of aromatic nitrogens is 1. The number of rotatable bonds is 6. The molecule has 0 saturated heterocycles. The fraction of sp³-hybridized carbons (Fsp3) is 0.278. The molecule has 1 aromatic carbocycles. The summed E-state index contributed by atoms with van der Waals surface area (Å²) in [5.41, 5.74) is 2.25. The molecule has 0 spiro atoms. The Bertz CT molecular complexity index is 699. The zero-order valence-corrected chi connectivity index (χ0v) is 13.6. The monoisotopic (exact) mass is 312 g/mol. The summed E-state index contributed by atoms with van der Waals surface area (Å²) in [6, 6.07) is 8.91. The Morgan fingerprint density at radius 1 is 1.26 bits per heavy atom. The Morgan fingerprint density at radius 2 is 2.04 bits per heavy atom. The molecular weight excluding hydrogens is 292 g/mol. The lowest BCUT2D eigenvalue weighted by molar-refractivity contribution is -0.129. The summed E-state index contributed by atoms with van der Waals surface area (Å²) in [6.45, 7) is 1.99. The van der Waals surface area contributed by atoms with Gasteiger partial charge in [-0.15, -0.1) is 0 Å². The summed E-state index contributed by atoms with van der Waals surface area (Å²) in [6.07, 6.45) is 3.62. The summed E-state index contributed by atoms with van der Waals surface area (Å²) in [5.74, 6) is 0.524. The van der Waals surface area contributed by atoms with Gasteiger partial charge < -0.3 is 9.64 Å². The quantitative estimate of drug-likeness (QED) is 0.769. The Kier molecular flexibility index (Phi) is 5.46. The van der Waals surface area contributed by atoms with Crippen molar-refractivity contribution in [2.45, 2.75) is 19.9 Å². The van der Waals surface area contributed by atoms with Crippen molar-refractivity contribution < 1.29 is 14.3 Å². The number of benzene rings is 1. The van der Waals surface area contributed by atoms with Crippen molar-refractivity contribution in [2.75, 3.05) is 14.2 Å². The van der Waals surface area contributed by atoms with Gasteiger partial charge in [-0.05, 0) is 36.8 Å². The first-order chi connectivity index (χ1) is 11.0. The van der Waals surface area contributed by atoms with Crippen LogP contribution in [0.5, 0.6) is 5.75 Å². The first kappa shape index (κ1) is 16.7. The summed E-state index contributed by atoms with van der Waals surface area (Å²) < 4.78 is 5.29. The lowest BCUT2D eigenvalue weighted by Crippen LogP contribution is -2.28. The number of pyridine rings is 1. The molecule has 1 aromatic heterocycles. The number of amides is 1. The van der Waals surface area contributed by atoms with E-state index in [9.17, 15) is 9.59 Å². The standard InChI is InChI=1S/C18H20N2O3/c1-13(21)15-6-7-17(23-3)16(9-15)10-18(22)20(2)12-14-5-4-8-19-11-14/h4-9,11H,10,12H2,1-3H3. The van der Waals surface area contributed by atoms with Gasteiger partial charge in [0.25, 0.3) is 0 Å². The highest BCUT2D eigenvalue weighted by Gasteiger charge is 2.15. The van der Waals surface area contributed by atoms with Crippen LogP contribution in [-0.4, -0.2) is 35.7 Å². The zero-order chi connectivity index (χ0) is 16.8. The Balaban J connectivity index is 2.12. The van der Waals surface area contributed by atoms with Gasteiger partial charge in [0.1, 0.15) is 5.75 Å². The van der Waals surface area contributed by atoms with E-state index in [2.05, 4.69) is 4.98 Å². The van der Waals surface area contributed by atoms with E-state index >= 15 is 0 Å². The van der Waals surface area contributed by atoms with Crippen molar-refractivity contribution in [3.05, 3.63) is 59.4 Å². The van der Waals surface area contributed by atoms with Crippen LogP contribution in [0.1, 0.15) is 28.4 Å². The normalized spacial score (nSPS) is 10.2. The van der Waals surface area contributed by atoms with E-state index in [4.69, 9.17) is 4.74 Å². The average molecular weight is 312 g/mol. The van der Waals surface area contributed by atoms with E-state index in [1.54, 1.807) is 49.7 Å². The highest BCUT2D eigenvalue weighted by atomic mass is 16.5. The highest BCUT2D eigenvalue weighted by molar-refractivity contribution is 5.94. The number of carbonyl (C=O) groups is 2. The number of hydrogen-bond donors (Lipinski definition) is 0. The van der Waals surface area contributed by atoms with E-state index in [1.165, 1.54) is 6.92 Å². The van der Waals surface area contributed by atoms with E-state index in [-0.39, 0.29) is 18.1 Å². The minimum absolute atomic E-state index is 0.0370. The summed E-state index contributed by atoms with van der Waals surface area (Å²) in [4.78, 5) is 29.6. The molecule has 5 nitrogen and oxygen atoms in total. The molecule has 0 unspecified atom stereocenters. The Hall–Kier alpha value is -2.69. The van der Waals surface area contributed by atoms with Crippen molar-refractivity contribution >= 4 is 11.7 Å². The molecule has 5 heteroatoms. The predicted octanol–water partition coefficient (Wildman–Crippen LogP) is 2.49. The Morgan fingerprint density at radius 3 is 2.65 bits per heavy atom. The number of ketones is 1. The SMILES string of the molecule is COc1ccc(C(C)=O)cc1CC(=O)N(C)Cc1cccnc1. The third kappa shape index (κ3) is 4.39. The number of likely N-dealkylation sites (N-methyl/N-ethyl adjacent to an activating group) is 1. The maximum absolute atomic E-state index is 12.4. The number of carbonyl (C=O) groups excluding carboxylic acids is 2. The number of hydrogen-bond acceptors (Lipinski definition) is 4. The van der Waals surface area contributed by atoms with E-state index in [1.807, 2.05) is 12.1 Å². The maximum atomic E-state index is 12.4. The molecule has 0 aliphatic carbocycles. The van der Waals surface area contributed by atoms with Crippen molar-refractivity contribution in [3.63, 3.8) is 0 Å². The van der Waals surface area contributed by atoms with Gasteiger partial charge in [-0.1, -0.05) is 6.07 Å². The van der Waals surface area contributed by atoms with Crippen LogP contribution >= 0.6 is 0 Å². The van der Waals surface area contributed by atoms with Gasteiger partial charge in [0, 0.05) is 37.1 Å². The molecule has 120 valence electrons. The molecule has 1 heterocycles. The minimum Gasteiger partial charge on any atom is -0.496 e. The molecule has 0 fully saturated rings. The summed E-state index contributed by atoms with van der Waals surface area (Å²) >= 11 is 0. The summed E-state index contributed by atoms with van der Waals surface area (Å²) in [5, 5.41) is 0. The van der Waals surface area contributed by atoms with E-state index in [0.717, 1.165) is 5.56 Å². The van der Waals surface area contributed by atoms with Crippen LogP contribution in [0.4, 0.5) is 0 Å². The van der Waals surface area contributed by atoms with Gasteiger partial charge in [0.05, 0.1) is 13.5 Å². The zero-order valence-electron chi connectivity index (χ0n) is 13.6. The van der Waals surface area contributed by atoms with Gasteiger partial charge >= 0.3 is 0 Å². The van der Waals surface area contributed by atoms with Crippen molar-refractivity contribution in [1.29, 1.82) is 0 Å². The number of ether oxygens (including phenoxy) is 1. The second kappa shape index (κ2) is 7.54. The largest absolute Gasteiger partial charge is 0.496 e. The van der Waals surface area contributed by atoms with Crippen molar-refractivity contribution in [2.24, 2.45) is 0 Å². The second-order valence-corrected chi connectivity index (χ2v) is 5.37. The van der Waals surface area contributed by atoms with E-state index in [0.29, 0.717) is 23.4 Å². The highest BCUT2D eigenvalue weighted by Crippen LogP contribution is 2.21. The Labute approximate surface area is 135 Å². The van der Waals surface area contributed by atoms with Crippen LogP contribution in [0.2, 0.25) is 0 Å². The van der Waals surface area contributed by atoms with Gasteiger partial charge in [-0.25, -0.2) is 0 Å². The molecule has 0 bridgehead atoms. The molecule has 0 radical (unpaired) electrons. The second-order valence-electron chi connectivity index (χ2n) is 5.37. The molecule has 0 aliphatic rings. The lowest BCUT2D eigenvalue weighted by Gasteiger charge is -2.18. The summed E-state index contributed by atoms with van der Waals surface area (Å²) in [7, 11) is 3.30. The predicted molar refractivity (Wildman–Crippen MR) is 87.4 cm³/mol. The van der Waals surface area contributed by atoms with Crippen LogP contribution < -0.4 is 4.74 Å². The number of Topliss-reactive ketones (excluding diaryl/α,β-unsaturated/α-hetero) is 1. The first-order valence-electron chi connectivity index (χ1n) is 7.32. The molecule has 0 aliphatic heterocycles. The van der Waals surface area contributed by atoms with Crippen LogP contribution in [0.3, 0.4) is 0 Å². The van der Waals surface area contributed by atoms with Crippen molar-refractivity contribution in [3.8, 4) is 5.75 Å². The maximum Gasteiger partial charge on any atom is 0.227 e. The van der Waals surface area contributed by atoms with Gasteiger partial charge in [-0.3, -0.25) is 14.6 Å². The van der Waals surface area contributed by atoms with E-state index < -0.39 is 0 Å². The minimum atomic E-state index is -0.0483. The molecular formula is C18H20N2O3. The smallest absolute Gasteiger partial charge is 0.227 e. The molecule has 23 heavy (non-hydrogen) atoms. The van der Waals surface area contributed by atoms with Crippen LogP contribution in [-0.2, 0) is 17.8 Å². The molecule has 2 rings (SSSR count). The molecule has 0 atom stereocenters. The fourth-order valence-corrected chi connectivity index (χ4v) is 2.29. The van der Waals surface area contributed by atoms with Crippen LogP contribution in [0, 0.1) is 0 Å². The molecule has 0 saturated carbocycles. The topological polar surface area (TPSA) is 59.5 Å². The molecule has 0 N–H and O–H groups in total. The third-order valence-corrected chi connectivity index (χ3v) is 3.60. The van der Waals surface area contributed by atoms with Gasteiger partial charge in [0.2, 0.25) is 5.91 Å². The molecule has 1 amide bonds. The van der Waals surface area contributed by atoms with Crippen LogP contribution in [0.15, 0.2) is 42.7 Å². The number of methoxy groups -OCH3 is 1.